The number of nitrogens with zero attached hydrogens (tertiary/aromatic N) is 2. The van der Waals surface area contributed by atoms with E-state index >= 15 is 0 Å². The van der Waals surface area contributed by atoms with E-state index < -0.39 is 0 Å². The average molecular weight is 970 g/mol. The molecule has 5 aromatic carbocycles. The molecule has 0 atom stereocenters. The summed E-state index contributed by atoms with van der Waals surface area (Å²) in [7, 11) is 0. The van der Waals surface area contributed by atoms with E-state index in [-0.39, 0.29) is 10.8 Å². The van der Waals surface area contributed by atoms with Crippen LogP contribution in [0.5, 0.6) is 0 Å². The van der Waals surface area contributed by atoms with E-state index in [9.17, 15) is 0 Å². The van der Waals surface area contributed by atoms with Gasteiger partial charge in [0.15, 0.2) is 0 Å². The monoisotopic (exact) mass is 969 g/mol. The molecule has 370 valence electrons. The second-order valence-corrected chi connectivity index (χ2v) is 23.7. The maximum Gasteiger partial charge on any atom is 0.124 e. The van der Waals surface area contributed by atoms with Gasteiger partial charge in [-0.15, -0.1) is 22.7 Å². The Balaban J connectivity index is 1.20. The predicted octanol–water partition coefficient (Wildman–Crippen LogP) is 21.8. The molecule has 4 heteroatoms. The highest BCUT2D eigenvalue weighted by Gasteiger charge is 2.48. The van der Waals surface area contributed by atoms with Gasteiger partial charge >= 0.3 is 0 Å². The highest BCUT2D eigenvalue weighted by Crippen LogP contribution is 2.62. The maximum atomic E-state index is 5.27. The highest BCUT2D eigenvalue weighted by atomic mass is 32.1. The third-order valence-corrected chi connectivity index (χ3v) is 18.9. The van der Waals surface area contributed by atoms with Crippen LogP contribution in [-0.2, 0) is 10.8 Å². The summed E-state index contributed by atoms with van der Waals surface area (Å²) >= 11 is 3.72. The molecule has 0 amide bonds. The molecule has 7 aromatic rings. The van der Waals surface area contributed by atoms with Crippen molar-refractivity contribution < 1.29 is 0 Å². The van der Waals surface area contributed by atoms with Gasteiger partial charge in [-0.25, -0.2) is 9.97 Å². The molecule has 0 bridgehead atoms. The predicted molar refractivity (Wildman–Crippen MR) is 308 cm³/mol. The minimum Gasteiger partial charge on any atom is -0.236 e. The fraction of sp³-hybridized carbons (Fsp3) is 0.515. The van der Waals surface area contributed by atoms with E-state index in [0.717, 1.165) is 21.0 Å². The number of aromatic nitrogens is 2. The van der Waals surface area contributed by atoms with Gasteiger partial charge in [-0.3, -0.25) is 0 Å². The fourth-order valence-electron chi connectivity index (χ4n) is 12.9. The molecule has 0 N–H and O–H groups in total. The fourth-order valence-corrected chi connectivity index (χ4v) is 14.8. The Morgan fingerprint density at radius 2 is 0.643 bits per heavy atom. The molecule has 2 nitrogen and oxygen atoms in total. The first-order chi connectivity index (χ1) is 34.5. The van der Waals surface area contributed by atoms with Gasteiger partial charge in [0.2, 0.25) is 0 Å². The van der Waals surface area contributed by atoms with Crippen LogP contribution in [-0.4, -0.2) is 9.97 Å². The highest BCUT2D eigenvalue weighted by molar-refractivity contribution is 7.22. The van der Waals surface area contributed by atoms with Crippen molar-refractivity contribution in [1.82, 2.24) is 9.97 Å². The van der Waals surface area contributed by atoms with E-state index in [1.807, 2.05) is 22.7 Å². The van der Waals surface area contributed by atoms with Gasteiger partial charge in [0.05, 0.1) is 20.4 Å². The van der Waals surface area contributed by atoms with Crippen molar-refractivity contribution in [2.75, 3.05) is 0 Å². The third-order valence-electron chi connectivity index (χ3n) is 16.7. The lowest BCUT2D eigenvalue weighted by Gasteiger charge is -2.35. The Morgan fingerprint density at radius 3 is 0.986 bits per heavy atom. The molecule has 0 saturated carbocycles. The summed E-state index contributed by atoms with van der Waals surface area (Å²) in [6, 6.07) is 38.3. The SMILES string of the molecule is CCCCCCCCC1(CCCCCCCC)c2cc(-c3nc4ccccc4s3)ccc2-c2cc3c(cc21)-c1ccc(-c2nc4ccccc4s2)cc1C3(CCCCCCCC)CCCCCCCC. The van der Waals surface area contributed by atoms with Gasteiger partial charge in [-0.2, -0.15) is 0 Å². The van der Waals surface area contributed by atoms with Crippen LogP contribution in [0.4, 0.5) is 0 Å². The molecule has 0 saturated heterocycles. The molecule has 0 fully saturated rings. The Kier molecular flexibility index (Phi) is 17.8. The number of fused-ring (bicyclic) bond motifs is 8. The topological polar surface area (TPSA) is 25.8 Å². The van der Waals surface area contributed by atoms with Crippen molar-refractivity contribution in [3.05, 3.63) is 119 Å². The van der Waals surface area contributed by atoms with Gasteiger partial charge in [0.25, 0.3) is 0 Å². The number of benzene rings is 5. The van der Waals surface area contributed by atoms with Crippen molar-refractivity contribution in [3.8, 4) is 43.4 Å². The molecule has 2 aliphatic rings. The standard InChI is InChI=1S/C66H84N2S2/c1-5-9-13-17-21-29-41-65(42-30-22-18-14-10-6-2)55-45-49(63-67-59-33-25-27-35-61(59)69-63)37-39-51(55)53-48-58-54(47-57(53)65)52-40-38-50(64-68-60-34-26-28-36-62(60)70-64)46-56(52)66(58,43-31-23-19-15-11-7-3)44-32-24-20-16-12-8-4/h25-28,33-40,45-48H,5-24,29-32,41-44H2,1-4H3. The number of hydrogen-bond acceptors (Lipinski definition) is 4. The summed E-state index contributed by atoms with van der Waals surface area (Å²) < 4.78 is 2.56. The van der Waals surface area contributed by atoms with Crippen LogP contribution in [0.3, 0.4) is 0 Å². The zero-order valence-corrected chi connectivity index (χ0v) is 45.4. The van der Waals surface area contributed by atoms with Gasteiger partial charge in [-0.05, 0) is 119 Å². The number of thiazole rings is 2. The maximum absolute atomic E-state index is 5.27. The van der Waals surface area contributed by atoms with Gasteiger partial charge < -0.3 is 0 Å². The minimum absolute atomic E-state index is 0.0210. The Bertz CT molecular complexity index is 2480. The second-order valence-electron chi connectivity index (χ2n) is 21.7. The molecular weight excluding hydrogens is 885 g/mol. The summed E-state index contributed by atoms with van der Waals surface area (Å²) in [4.78, 5) is 10.5. The molecule has 0 unspecified atom stereocenters. The van der Waals surface area contributed by atoms with Crippen molar-refractivity contribution in [1.29, 1.82) is 0 Å². The lowest BCUT2D eigenvalue weighted by atomic mass is 9.68. The van der Waals surface area contributed by atoms with Gasteiger partial charge in [-0.1, -0.05) is 230 Å². The second kappa shape index (κ2) is 24.5. The zero-order chi connectivity index (χ0) is 48.2. The Labute approximate surface area is 431 Å². The summed E-state index contributed by atoms with van der Waals surface area (Å²) in [6.45, 7) is 9.39. The van der Waals surface area contributed by atoms with Crippen LogP contribution >= 0.6 is 22.7 Å². The molecule has 0 radical (unpaired) electrons. The van der Waals surface area contributed by atoms with Crippen LogP contribution in [0.25, 0.3) is 63.8 Å². The normalized spacial score (nSPS) is 14.1. The largest absolute Gasteiger partial charge is 0.236 e. The molecule has 2 aromatic heterocycles. The smallest absolute Gasteiger partial charge is 0.124 e. The van der Waals surface area contributed by atoms with Gasteiger partial charge in [0, 0.05) is 22.0 Å². The van der Waals surface area contributed by atoms with Gasteiger partial charge in [0.1, 0.15) is 10.0 Å². The molecule has 0 aliphatic heterocycles. The average Bonchev–Trinajstić information content (AvgIpc) is 4.15. The minimum atomic E-state index is -0.0210. The van der Waals surface area contributed by atoms with E-state index in [1.54, 1.807) is 22.3 Å². The number of hydrogen-bond donors (Lipinski definition) is 0. The molecular formula is C66H84N2S2. The summed E-state index contributed by atoms with van der Waals surface area (Å²) in [5, 5.41) is 2.32. The van der Waals surface area contributed by atoms with Crippen LogP contribution in [0.1, 0.15) is 230 Å². The third kappa shape index (κ3) is 10.9. The lowest BCUT2D eigenvalue weighted by molar-refractivity contribution is 0.394. The van der Waals surface area contributed by atoms with Crippen LogP contribution in [0.15, 0.2) is 97.1 Å². The molecule has 70 heavy (non-hydrogen) atoms. The molecule has 2 aliphatic carbocycles. The molecule has 2 heterocycles. The van der Waals surface area contributed by atoms with Crippen molar-refractivity contribution >= 4 is 43.1 Å². The van der Waals surface area contributed by atoms with Crippen molar-refractivity contribution in [3.63, 3.8) is 0 Å². The van der Waals surface area contributed by atoms with E-state index in [2.05, 4.69) is 125 Å². The molecule has 9 rings (SSSR count). The first-order valence-corrected chi connectivity index (χ1v) is 30.4. The summed E-state index contributed by atoms with van der Waals surface area (Å²) in [5.41, 5.74) is 17.3. The zero-order valence-electron chi connectivity index (χ0n) is 43.7. The number of unbranched alkanes of at least 4 members (excludes halogenated alkanes) is 20. The summed E-state index contributed by atoms with van der Waals surface area (Å²) in [6.07, 6.45) is 36.7. The Hall–Kier alpha value is -4.12. The van der Waals surface area contributed by atoms with Crippen molar-refractivity contribution in [2.24, 2.45) is 0 Å². The number of rotatable bonds is 30. The van der Waals surface area contributed by atoms with E-state index in [1.165, 1.54) is 223 Å². The number of para-hydroxylation sites is 2. The Morgan fingerprint density at radius 1 is 0.329 bits per heavy atom. The van der Waals surface area contributed by atoms with Crippen LogP contribution in [0.2, 0.25) is 0 Å². The first-order valence-electron chi connectivity index (χ1n) is 28.7. The van der Waals surface area contributed by atoms with E-state index in [0.29, 0.717) is 0 Å². The van der Waals surface area contributed by atoms with Crippen molar-refractivity contribution in [2.45, 2.75) is 218 Å². The van der Waals surface area contributed by atoms with Crippen LogP contribution < -0.4 is 0 Å². The molecule has 0 spiro atoms. The lowest BCUT2D eigenvalue weighted by Crippen LogP contribution is -2.27. The first kappa shape index (κ1) is 50.8. The van der Waals surface area contributed by atoms with Crippen LogP contribution in [0, 0.1) is 0 Å². The van der Waals surface area contributed by atoms with E-state index in [4.69, 9.17) is 9.97 Å². The summed E-state index contributed by atoms with van der Waals surface area (Å²) in [5.74, 6) is 0. The quantitative estimate of drug-likeness (QED) is 0.0420.